The van der Waals surface area contributed by atoms with Crippen molar-refractivity contribution < 1.29 is 22.2 Å². The fourth-order valence-corrected chi connectivity index (χ4v) is 2.85. The molecule has 0 amide bonds. The number of benzene rings is 2. The highest BCUT2D eigenvalue weighted by atomic mass is 35.5. The van der Waals surface area contributed by atoms with E-state index in [0.29, 0.717) is 0 Å². The number of hydrogen-bond donors (Lipinski definition) is 1. The first-order chi connectivity index (χ1) is 10.2. The van der Waals surface area contributed by atoms with E-state index in [-0.39, 0.29) is 26.7 Å². The number of carbonyl (C=O) groups excluding carboxylic acids is 1. The van der Waals surface area contributed by atoms with Gasteiger partial charge in [0.2, 0.25) is 0 Å². The number of rotatable bonds is 4. The fourth-order valence-electron chi connectivity index (χ4n) is 1.87. The molecule has 22 heavy (non-hydrogen) atoms. The number of ketones is 1. The molecular weight excluding hydrogens is 354 g/mol. The maximum absolute atomic E-state index is 12.9. The van der Waals surface area contributed by atoms with E-state index >= 15 is 0 Å². The quantitative estimate of drug-likeness (QED) is 0.663. The molecule has 0 aliphatic rings. The van der Waals surface area contributed by atoms with Crippen molar-refractivity contribution in [2.24, 2.45) is 0 Å². The SMILES string of the molecule is O=C(c1ccc(F)cc1)c1cc(Cl)c(Cl)cc1CS(=O)(=O)O. The first-order valence-corrected chi connectivity index (χ1v) is 8.27. The number of hydrogen-bond acceptors (Lipinski definition) is 3. The third-order valence-electron chi connectivity index (χ3n) is 2.84. The van der Waals surface area contributed by atoms with E-state index in [1.165, 1.54) is 24.3 Å². The minimum Gasteiger partial charge on any atom is -0.289 e. The van der Waals surface area contributed by atoms with Crippen LogP contribution < -0.4 is 0 Å². The van der Waals surface area contributed by atoms with Gasteiger partial charge in [0.15, 0.2) is 5.78 Å². The standard InChI is InChI=1S/C14H9Cl2FO4S/c15-12-5-9(7-22(19,20)21)11(6-13(12)16)14(18)8-1-3-10(17)4-2-8/h1-6H,7H2,(H,19,20,21). The molecule has 0 atom stereocenters. The summed E-state index contributed by atoms with van der Waals surface area (Å²) in [7, 11) is -4.37. The molecule has 2 rings (SSSR count). The Morgan fingerprint density at radius 2 is 1.64 bits per heavy atom. The maximum Gasteiger partial charge on any atom is 0.269 e. The molecule has 0 aromatic heterocycles. The highest BCUT2D eigenvalue weighted by molar-refractivity contribution is 7.85. The van der Waals surface area contributed by atoms with Crippen LogP contribution in [0.2, 0.25) is 10.0 Å². The molecule has 0 fully saturated rings. The van der Waals surface area contributed by atoms with Gasteiger partial charge in [-0.1, -0.05) is 23.2 Å². The van der Waals surface area contributed by atoms with Crippen LogP contribution in [-0.4, -0.2) is 18.8 Å². The average Bonchev–Trinajstić information content (AvgIpc) is 2.41. The Morgan fingerprint density at radius 1 is 1.09 bits per heavy atom. The van der Waals surface area contributed by atoms with E-state index in [1.54, 1.807) is 0 Å². The molecule has 0 saturated heterocycles. The van der Waals surface area contributed by atoms with Gasteiger partial charge < -0.3 is 0 Å². The molecule has 2 aromatic carbocycles. The van der Waals surface area contributed by atoms with Crippen LogP contribution in [0.3, 0.4) is 0 Å². The van der Waals surface area contributed by atoms with Gasteiger partial charge >= 0.3 is 0 Å². The Hall–Kier alpha value is -1.47. The lowest BCUT2D eigenvalue weighted by Gasteiger charge is -2.10. The van der Waals surface area contributed by atoms with E-state index in [9.17, 15) is 17.6 Å². The lowest BCUT2D eigenvalue weighted by Crippen LogP contribution is -2.10. The Morgan fingerprint density at radius 3 is 2.18 bits per heavy atom. The molecule has 2 aromatic rings. The smallest absolute Gasteiger partial charge is 0.269 e. The van der Waals surface area contributed by atoms with Crippen molar-refractivity contribution in [1.82, 2.24) is 0 Å². The molecule has 0 spiro atoms. The summed E-state index contributed by atoms with van der Waals surface area (Å²) in [5.74, 6) is -1.85. The first kappa shape index (κ1) is 16.9. The predicted octanol–water partition coefficient (Wildman–Crippen LogP) is 3.75. The van der Waals surface area contributed by atoms with Crippen molar-refractivity contribution >= 4 is 39.1 Å². The molecular formula is C14H9Cl2FO4S. The topological polar surface area (TPSA) is 71.4 Å². The number of carbonyl (C=O) groups is 1. The minimum atomic E-state index is -4.37. The van der Waals surface area contributed by atoms with Gasteiger partial charge in [0, 0.05) is 11.1 Å². The van der Waals surface area contributed by atoms with E-state index < -0.39 is 27.5 Å². The zero-order chi connectivity index (χ0) is 16.5. The third-order valence-corrected chi connectivity index (χ3v) is 4.23. The van der Waals surface area contributed by atoms with Crippen LogP contribution >= 0.6 is 23.2 Å². The Balaban J connectivity index is 2.55. The van der Waals surface area contributed by atoms with E-state index in [2.05, 4.69) is 0 Å². The fraction of sp³-hybridized carbons (Fsp3) is 0.0714. The summed E-state index contributed by atoms with van der Waals surface area (Å²) in [6, 6.07) is 7.15. The van der Waals surface area contributed by atoms with Gasteiger partial charge in [0.1, 0.15) is 11.6 Å². The first-order valence-electron chi connectivity index (χ1n) is 5.91. The van der Waals surface area contributed by atoms with Gasteiger partial charge in [-0.2, -0.15) is 8.42 Å². The molecule has 0 aliphatic carbocycles. The molecule has 1 N–H and O–H groups in total. The molecule has 4 nitrogen and oxygen atoms in total. The van der Waals surface area contributed by atoms with E-state index in [4.69, 9.17) is 27.8 Å². The Bertz CT molecular complexity index is 833. The van der Waals surface area contributed by atoms with Crippen LogP contribution in [-0.2, 0) is 15.9 Å². The summed E-state index contributed by atoms with van der Waals surface area (Å²) in [6.07, 6.45) is 0. The van der Waals surface area contributed by atoms with Crippen LogP contribution in [0.4, 0.5) is 4.39 Å². The average molecular weight is 363 g/mol. The lowest BCUT2D eigenvalue weighted by atomic mass is 9.99. The Kier molecular flexibility index (Phi) is 4.87. The maximum atomic E-state index is 12.9. The summed E-state index contributed by atoms with van der Waals surface area (Å²) < 4.78 is 44.0. The molecule has 8 heteroatoms. The Labute approximate surface area is 136 Å². The second kappa shape index (κ2) is 6.34. The van der Waals surface area contributed by atoms with Crippen LogP contribution in [0.25, 0.3) is 0 Å². The van der Waals surface area contributed by atoms with Crippen molar-refractivity contribution in [2.45, 2.75) is 5.75 Å². The van der Waals surface area contributed by atoms with Crippen molar-refractivity contribution in [3.05, 3.63) is 69.0 Å². The molecule has 0 aliphatic heterocycles. The third kappa shape index (κ3) is 4.04. The van der Waals surface area contributed by atoms with Gasteiger partial charge in [-0.25, -0.2) is 4.39 Å². The molecule has 0 radical (unpaired) electrons. The van der Waals surface area contributed by atoms with Gasteiger partial charge in [-0.05, 0) is 42.0 Å². The normalized spacial score (nSPS) is 11.5. The van der Waals surface area contributed by atoms with Gasteiger partial charge in [0.25, 0.3) is 10.1 Å². The number of halogens is 3. The second-order valence-corrected chi connectivity index (χ2v) is 6.75. The van der Waals surface area contributed by atoms with E-state index in [1.807, 2.05) is 0 Å². The van der Waals surface area contributed by atoms with E-state index in [0.717, 1.165) is 12.1 Å². The van der Waals surface area contributed by atoms with Crippen molar-refractivity contribution in [3.63, 3.8) is 0 Å². The summed E-state index contributed by atoms with van der Waals surface area (Å²) in [6.45, 7) is 0. The second-order valence-electron chi connectivity index (χ2n) is 4.49. The van der Waals surface area contributed by atoms with Gasteiger partial charge in [-0.15, -0.1) is 0 Å². The van der Waals surface area contributed by atoms with Crippen LogP contribution in [0.1, 0.15) is 21.5 Å². The minimum absolute atomic E-state index is 0.00576. The molecule has 0 heterocycles. The summed E-state index contributed by atoms with van der Waals surface area (Å²) in [5.41, 5.74) is 0.126. The summed E-state index contributed by atoms with van der Waals surface area (Å²) in [4.78, 5) is 12.4. The van der Waals surface area contributed by atoms with Gasteiger partial charge in [0.05, 0.1) is 10.0 Å². The monoisotopic (exact) mass is 362 g/mol. The van der Waals surface area contributed by atoms with Crippen molar-refractivity contribution in [3.8, 4) is 0 Å². The van der Waals surface area contributed by atoms with Gasteiger partial charge in [-0.3, -0.25) is 9.35 Å². The predicted molar refractivity (Wildman–Crippen MR) is 81.5 cm³/mol. The summed E-state index contributed by atoms with van der Waals surface area (Å²) >= 11 is 11.7. The summed E-state index contributed by atoms with van der Waals surface area (Å²) in [5, 5.41) is 0.113. The zero-order valence-corrected chi connectivity index (χ0v) is 13.2. The van der Waals surface area contributed by atoms with Crippen LogP contribution in [0.15, 0.2) is 36.4 Å². The highest BCUT2D eigenvalue weighted by Crippen LogP contribution is 2.28. The highest BCUT2D eigenvalue weighted by Gasteiger charge is 2.19. The molecule has 0 bridgehead atoms. The van der Waals surface area contributed by atoms with Crippen molar-refractivity contribution in [1.29, 1.82) is 0 Å². The molecule has 0 unspecified atom stereocenters. The van der Waals surface area contributed by atoms with Crippen molar-refractivity contribution in [2.75, 3.05) is 0 Å². The molecule has 0 saturated carbocycles. The van der Waals surface area contributed by atoms with Crippen LogP contribution in [0, 0.1) is 5.82 Å². The largest absolute Gasteiger partial charge is 0.289 e. The lowest BCUT2D eigenvalue weighted by molar-refractivity contribution is 0.103. The van der Waals surface area contributed by atoms with Crippen LogP contribution in [0.5, 0.6) is 0 Å². The molecule has 116 valence electrons. The zero-order valence-electron chi connectivity index (χ0n) is 10.9.